The number of hydrogen-bond acceptors (Lipinski definition) is 9. The molecule has 0 spiro atoms. The zero-order chi connectivity index (χ0) is 19.4. The summed E-state index contributed by atoms with van der Waals surface area (Å²) in [6.07, 6.45) is 2.17. The van der Waals surface area contributed by atoms with Gasteiger partial charge in [-0.1, -0.05) is 25.2 Å². The minimum atomic E-state index is -0.490. The van der Waals surface area contributed by atoms with Gasteiger partial charge in [0.15, 0.2) is 5.13 Å². The van der Waals surface area contributed by atoms with E-state index in [1.54, 1.807) is 7.11 Å². The Morgan fingerprint density at radius 2 is 2.07 bits per heavy atom. The first-order valence-corrected chi connectivity index (χ1v) is 9.24. The van der Waals surface area contributed by atoms with Gasteiger partial charge >= 0.3 is 5.69 Å². The summed E-state index contributed by atoms with van der Waals surface area (Å²) in [4.78, 5) is 23.6. The largest absolute Gasteiger partial charge is 0.497 e. The molecule has 9 nitrogen and oxygen atoms in total. The Bertz CT molecular complexity index is 959. The van der Waals surface area contributed by atoms with Crippen molar-refractivity contribution in [3.63, 3.8) is 0 Å². The molecule has 3 aromatic rings. The second kappa shape index (κ2) is 8.12. The maximum absolute atomic E-state index is 11.6. The molecule has 0 fully saturated rings. The lowest BCUT2D eigenvalue weighted by Gasteiger charge is -2.09. The molecule has 0 amide bonds. The van der Waals surface area contributed by atoms with E-state index in [-0.39, 0.29) is 17.3 Å². The summed E-state index contributed by atoms with van der Waals surface area (Å²) in [6.45, 7) is 4.77. The van der Waals surface area contributed by atoms with Crippen molar-refractivity contribution in [2.24, 2.45) is 5.92 Å². The van der Waals surface area contributed by atoms with Crippen molar-refractivity contribution in [1.82, 2.24) is 15.0 Å². The van der Waals surface area contributed by atoms with Crippen molar-refractivity contribution in [2.75, 3.05) is 24.3 Å². The third kappa shape index (κ3) is 4.40. The van der Waals surface area contributed by atoms with Gasteiger partial charge in [-0.3, -0.25) is 10.1 Å². The van der Waals surface area contributed by atoms with Crippen LogP contribution in [0.25, 0.3) is 10.2 Å². The molecular weight excluding hydrogens is 368 g/mol. The molecule has 0 aliphatic rings. The lowest BCUT2D eigenvalue weighted by molar-refractivity contribution is -0.383. The Kier molecular flexibility index (Phi) is 5.65. The van der Waals surface area contributed by atoms with Gasteiger partial charge in [0.25, 0.3) is 0 Å². The fraction of sp³-hybridized carbons (Fsp3) is 0.353. The summed E-state index contributed by atoms with van der Waals surface area (Å²) in [6, 6.07) is 5.52. The zero-order valence-corrected chi connectivity index (χ0v) is 16.0. The maximum Gasteiger partial charge on any atom is 0.353 e. The van der Waals surface area contributed by atoms with Gasteiger partial charge in [-0.25, -0.2) is 15.0 Å². The van der Waals surface area contributed by atoms with Gasteiger partial charge in [-0.15, -0.1) is 0 Å². The number of methoxy groups -OCH3 is 1. The zero-order valence-electron chi connectivity index (χ0n) is 15.2. The van der Waals surface area contributed by atoms with E-state index in [1.165, 1.54) is 17.7 Å². The quantitative estimate of drug-likeness (QED) is 0.436. The number of nitro groups is 1. The molecular formula is C17H20N6O3S. The predicted molar refractivity (Wildman–Crippen MR) is 106 cm³/mol. The molecule has 2 N–H and O–H groups in total. The normalized spacial score (nSPS) is 11.0. The van der Waals surface area contributed by atoms with Crippen molar-refractivity contribution in [2.45, 2.75) is 20.3 Å². The van der Waals surface area contributed by atoms with E-state index in [0.717, 1.165) is 22.4 Å². The Morgan fingerprint density at radius 3 is 2.78 bits per heavy atom. The maximum atomic E-state index is 11.6. The van der Waals surface area contributed by atoms with Crippen LogP contribution in [0.2, 0.25) is 0 Å². The van der Waals surface area contributed by atoms with E-state index in [1.807, 2.05) is 18.2 Å². The number of hydrogen-bond donors (Lipinski definition) is 2. The SMILES string of the molecule is COc1ccc2nc(Nc3ncnc(NCCC(C)C)c3[N+](=O)[O-])sc2c1. The van der Waals surface area contributed by atoms with Crippen LogP contribution in [0.4, 0.5) is 22.5 Å². The summed E-state index contributed by atoms with van der Waals surface area (Å²) in [7, 11) is 1.60. The van der Waals surface area contributed by atoms with Crippen LogP contribution in [0.1, 0.15) is 20.3 Å². The Morgan fingerprint density at radius 1 is 1.30 bits per heavy atom. The van der Waals surface area contributed by atoms with Gasteiger partial charge in [-0.05, 0) is 30.5 Å². The molecule has 0 unspecified atom stereocenters. The van der Waals surface area contributed by atoms with Crippen molar-refractivity contribution in [1.29, 1.82) is 0 Å². The number of nitrogens with zero attached hydrogens (tertiary/aromatic N) is 4. The highest BCUT2D eigenvalue weighted by Crippen LogP contribution is 2.35. The average Bonchev–Trinajstić information content (AvgIpc) is 3.02. The van der Waals surface area contributed by atoms with E-state index in [0.29, 0.717) is 17.6 Å². The molecule has 0 radical (unpaired) electrons. The number of nitrogens with one attached hydrogen (secondary N) is 2. The van der Waals surface area contributed by atoms with E-state index in [2.05, 4.69) is 39.4 Å². The van der Waals surface area contributed by atoms with Crippen LogP contribution in [0.3, 0.4) is 0 Å². The molecule has 3 rings (SSSR count). The minimum Gasteiger partial charge on any atom is -0.497 e. The highest BCUT2D eigenvalue weighted by Gasteiger charge is 2.23. The number of rotatable bonds is 8. The third-order valence-electron chi connectivity index (χ3n) is 3.84. The van der Waals surface area contributed by atoms with E-state index < -0.39 is 4.92 Å². The fourth-order valence-corrected chi connectivity index (χ4v) is 3.33. The standard InChI is InChI=1S/C17H20N6O3S/c1-10(2)6-7-18-15-14(23(24)25)16(20-9-19-15)22-17-21-12-5-4-11(26-3)8-13(12)27-17/h4-5,8-10H,6-7H2,1-3H3,(H2,18,19,20,21,22). The molecule has 0 saturated heterocycles. The molecule has 0 bridgehead atoms. The monoisotopic (exact) mass is 388 g/mol. The van der Waals surface area contributed by atoms with Crippen molar-refractivity contribution >= 4 is 44.0 Å². The second-order valence-corrected chi connectivity index (χ2v) is 7.29. The van der Waals surface area contributed by atoms with E-state index >= 15 is 0 Å². The molecule has 0 saturated carbocycles. The summed E-state index contributed by atoms with van der Waals surface area (Å²) < 4.78 is 6.12. The molecule has 142 valence electrons. The molecule has 27 heavy (non-hydrogen) atoms. The first-order valence-electron chi connectivity index (χ1n) is 8.42. The van der Waals surface area contributed by atoms with E-state index in [9.17, 15) is 10.1 Å². The number of benzene rings is 1. The average molecular weight is 388 g/mol. The van der Waals surface area contributed by atoms with Crippen LogP contribution >= 0.6 is 11.3 Å². The topological polar surface area (TPSA) is 115 Å². The Labute approximate surface area is 160 Å². The summed E-state index contributed by atoms with van der Waals surface area (Å²) in [5.74, 6) is 1.51. The fourth-order valence-electron chi connectivity index (χ4n) is 2.44. The van der Waals surface area contributed by atoms with Gasteiger partial charge in [0.05, 0.1) is 22.2 Å². The van der Waals surface area contributed by atoms with Gasteiger partial charge in [0.1, 0.15) is 12.1 Å². The van der Waals surface area contributed by atoms with Gasteiger partial charge in [0.2, 0.25) is 11.6 Å². The van der Waals surface area contributed by atoms with Gasteiger partial charge in [0, 0.05) is 6.54 Å². The van der Waals surface area contributed by atoms with Gasteiger partial charge < -0.3 is 15.4 Å². The number of thiazole rings is 1. The van der Waals surface area contributed by atoms with Crippen LogP contribution in [0, 0.1) is 16.0 Å². The molecule has 2 aromatic heterocycles. The predicted octanol–water partition coefficient (Wildman–Crippen LogP) is 4.20. The Hall–Kier alpha value is -3.01. The molecule has 2 heterocycles. The summed E-state index contributed by atoms with van der Waals surface area (Å²) in [5.41, 5.74) is 0.577. The number of anilines is 3. The number of aromatic nitrogens is 3. The molecule has 0 aliphatic carbocycles. The lowest BCUT2D eigenvalue weighted by Crippen LogP contribution is -2.10. The lowest BCUT2D eigenvalue weighted by atomic mass is 10.1. The first-order chi connectivity index (χ1) is 13.0. The highest BCUT2D eigenvalue weighted by molar-refractivity contribution is 7.22. The summed E-state index contributed by atoms with van der Waals surface area (Å²) >= 11 is 1.36. The second-order valence-electron chi connectivity index (χ2n) is 6.26. The van der Waals surface area contributed by atoms with Crippen LogP contribution in [0.15, 0.2) is 24.5 Å². The van der Waals surface area contributed by atoms with Gasteiger partial charge in [-0.2, -0.15) is 0 Å². The van der Waals surface area contributed by atoms with Crippen molar-refractivity contribution in [3.05, 3.63) is 34.6 Å². The Balaban J connectivity index is 1.88. The van der Waals surface area contributed by atoms with Crippen LogP contribution < -0.4 is 15.4 Å². The summed E-state index contributed by atoms with van der Waals surface area (Å²) in [5, 5.41) is 18.1. The van der Waals surface area contributed by atoms with Crippen molar-refractivity contribution < 1.29 is 9.66 Å². The highest BCUT2D eigenvalue weighted by atomic mass is 32.1. The molecule has 0 atom stereocenters. The van der Waals surface area contributed by atoms with Crippen molar-refractivity contribution in [3.8, 4) is 5.75 Å². The smallest absolute Gasteiger partial charge is 0.353 e. The minimum absolute atomic E-state index is 0.105. The molecule has 10 heteroatoms. The van der Waals surface area contributed by atoms with E-state index in [4.69, 9.17) is 4.74 Å². The number of ether oxygens (including phenoxy) is 1. The third-order valence-corrected chi connectivity index (χ3v) is 4.77. The number of fused-ring (bicyclic) bond motifs is 1. The van der Waals surface area contributed by atoms with Crippen LogP contribution in [-0.4, -0.2) is 33.5 Å². The van der Waals surface area contributed by atoms with Crippen LogP contribution in [0.5, 0.6) is 5.75 Å². The molecule has 0 aliphatic heterocycles. The molecule has 1 aromatic carbocycles. The first kappa shape index (κ1) is 18.8. The van der Waals surface area contributed by atoms with Crippen LogP contribution in [-0.2, 0) is 0 Å².